The van der Waals surface area contributed by atoms with Gasteiger partial charge in [-0.1, -0.05) is 0 Å². The van der Waals surface area contributed by atoms with Gasteiger partial charge in [0.1, 0.15) is 11.5 Å². The number of hydrogen-bond donors (Lipinski definition) is 0. The maximum atomic E-state index is 13.7. The Labute approximate surface area is 128 Å². The average molecular weight is 379 g/mol. The van der Waals surface area contributed by atoms with E-state index < -0.39 is 32.1 Å². The van der Waals surface area contributed by atoms with Gasteiger partial charge in [-0.15, -0.1) is 0 Å². The molecular weight excluding hydrogens is 370 g/mol. The number of aromatic nitrogens is 2. The molecule has 0 aliphatic carbocycles. The number of nitrogens with zero attached hydrogens (tertiary/aromatic N) is 2. The molecule has 1 heterocycles. The summed E-state index contributed by atoms with van der Waals surface area (Å²) in [6.45, 7) is -0.179. The summed E-state index contributed by atoms with van der Waals surface area (Å²) in [6, 6.07) is 2.00. The summed E-state index contributed by atoms with van der Waals surface area (Å²) in [5.74, 6) is -2.97. The van der Waals surface area contributed by atoms with E-state index in [1.165, 1.54) is 12.4 Å². The number of ether oxygens (including phenoxy) is 1. The smallest absolute Gasteiger partial charge is 0.201 e. The number of halogens is 3. The van der Waals surface area contributed by atoms with E-state index in [1.54, 1.807) is 0 Å². The first-order chi connectivity index (χ1) is 9.79. The van der Waals surface area contributed by atoms with E-state index in [2.05, 4.69) is 25.9 Å². The zero-order valence-electron chi connectivity index (χ0n) is 10.7. The molecule has 1 aromatic carbocycles. The van der Waals surface area contributed by atoms with Gasteiger partial charge < -0.3 is 4.74 Å². The van der Waals surface area contributed by atoms with E-state index in [0.717, 1.165) is 18.4 Å². The minimum atomic E-state index is -3.85. The van der Waals surface area contributed by atoms with Crippen molar-refractivity contribution in [2.24, 2.45) is 0 Å². The number of benzene rings is 1. The van der Waals surface area contributed by atoms with Crippen molar-refractivity contribution in [3.8, 4) is 5.75 Å². The van der Waals surface area contributed by atoms with Crippen molar-refractivity contribution >= 4 is 25.8 Å². The molecule has 0 bridgehead atoms. The molecule has 0 saturated carbocycles. The van der Waals surface area contributed by atoms with E-state index in [1.807, 2.05) is 0 Å². The SMILES string of the molecule is CS(=O)(=O)c1ccc(OCc2ncc(Br)cn2)c(F)c1F. The molecule has 0 fully saturated rings. The van der Waals surface area contributed by atoms with Gasteiger partial charge in [-0.25, -0.2) is 22.8 Å². The summed E-state index contributed by atoms with van der Waals surface area (Å²) >= 11 is 3.16. The van der Waals surface area contributed by atoms with Crippen molar-refractivity contribution < 1.29 is 21.9 Å². The summed E-state index contributed by atoms with van der Waals surface area (Å²) in [7, 11) is -3.85. The zero-order chi connectivity index (χ0) is 15.6. The van der Waals surface area contributed by atoms with Crippen LogP contribution in [-0.4, -0.2) is 24.6 Å². The van der Waals surface area contributed by atoms with Crippen LogP contribution in [0.3, 0.4) is 0 Å². The summed E-state index contributed by atoms with van der Waals surface area (Å²) in [5.41, 5.74) is 0. The van der Waals surface area contributed by atoms with Crippen LogP contribution in [0.15, 0.2) is 33.9 Å². The number of rotatable bonds is 4. The highest BCUT2D eigenvalue weighted by Gasteiger charge is 2.21. The van der Waals surface area contributed by atoms with Gasteiger partial charge in [0.25, 0.3) is 0 Å². The van der Waals surface area contributed by atoms with Crippen LogP contribution in [0.4, 0.5) is 8.78 Å². The fourth-order valence-corrected chi connectivity index (χ4v) is 2.40. The van der Waals surface area contributed by atoms with Gasteiger partial charge in [0, 0.05) is 18.6 Å². The molecule has 21 heavy (non-hydrogen) atoms. The average Bonchev–Trinajstić information content (AvgIpc) is 2.41. The molecule has 112 valence electrons. The predicted molar refractivity (Wildman–Crippen MR) is 73.5 cm³/mol. The van der Waals surface area contributed by atoms with Crippen molar-refractivity contribution in [1.82, 2.24) is 9.97 Å². The maximum Gasteiger partial charge on any atom is 0.201 e. The molecule has 0 spiro atoms. The third-order valence-corrected chi connectivity index (χ3v) is 3.97. The highest BCUT2D eigenvalue weighted by Crippen LogP contribution is 2.26. The van der Waals surface area contributed by atoms with Crippen molar-refractivity contribution in [2.45, 2.75) is 11.5 Å². The Morgan fingerprint density at radius 3 is 2.38 bits per heavy atom. The predicted octanol–water partition coefficient (Wildman–Crippen LogP) is 2.50. The molecule has 2 rings (SSSR count). The lowest BCUT2D eigenvalue weighted by Crippen LogP contribution is -2.06. The van der Waals surface area contributed by atoms with Gasteiger partial charge in [-0.05, 0) is 28.1 Å². The second-order valence-electron chi connectivity index (χ2n) is 4.07. The van der Waals surface area contributed by atoms with Crippen LogP contribution in [0.1, 0.15) is 5.82 Å². The van der Waals surface area contributed by atoms with Crippen LogP contribution in [0.2, 0.25) is 0 Å². The van der Waals surface area contributed by atoms with E-state index in [-0.39, 0.29) is 12.4 Å². The molecule has 2 aromatic rings. The molecule has 5 nitrogen and oxygen atoms in total. The summed E-state index contributed by atoms with van der Waals surface area (Å²) in [6.07, 6.45) is 3.76. The molecule has 0 N–H and O–H groups in total. The molecule has 9 heteroatoms. The van der Waals surface area contributed by atoms with E-state index in [0.29, 0.717) is 4.47 Å². The van der Waals surface area contributed by atoms with E-state index in [9.17, 15) is 17.2 Å². The molecule has 0 aliphatic heterocycles. The number of hydrogen-bond acceptors (Lipinski definition) is 5. The summed E-state index contributed by atoms with van der Waals surface area (Å²) in [4.78, 5) is 7.10. The lowest BCUT2D eigenvalue weighted by molar-refractivity contribution is 0.274. The lowest BCUT2D eigenvalue weighted by atomic mass is 10.3. The van der Waals surface area contributed by atoms with Crippen LogP contribution in [0, 0.1) is 11.6 Å². The Balaban J connectivity index is 2.22. The van der Waals surface area contributed by atoms with Gasteiger partial charge in [0.15, 0.2) is 27.2 Å². The zero-order valence-corrected chi connectivity index (χ0v) is 13.1. The molecule has 0 atom stereocenters. The molecular formula is C12H9BrF2N2O3S. The summed E-state index contributed by atoms with van der Waals surface area (Å²) < 4.78 is 55.7. The Morgan fingerprint density at radius 2 is 1.81 bits per heavy atom. The second kappa shape index (κ2) is 6.02. The first-order valence-corrected chi connectivity index (χ1v) is 8.25. The topological polar surface area (TPSA) is 69.2 Å². The number of sulfone groups is 1. The molecule has 0 aliphatic rings. The normalized spacial score (nSPS) is 11.4. The second-order valence-corrected chi connectivity index (χ2v) is 6.97. The first kappa shape index (κ1) is 15.8. The van der Waals surface area contributed by atoms with Crippen molar-refractivity contribution in [3.63, 3.8) is 0 Å². The van der Waals surface area contributed by atoms with Crippen LogP contribution < -0.4 is 4.74 Å². The molecule has 0 amide bonds. The van der Waals surface area contributed by atoms with Gasteiger partial charge in [-0.2, -0.15) is 4.39 Å². The van der Waals surface area contributed by atoms with Gasteiger partial charge in [0.2, 0.25) is 5.82 Å². The van der Waals surface area contributed by atoms with Crippen molar-refractivity contribution in [2.75, 3.05) is 6.26 Å². The minimum Gasteiger partial charge on any atom is -0.482 e. The van der Waals surface area contributed by atoms with E-state index >= 15 is 0 Å². The first-order valence-electron chi connectivity index (χ1n) is 5.56. The van der Waals surface area contributed by atoms with Gasteiger partial charge in [0.05, 0.1) is 4.47 Å². The van der Waals surface area contributed by atoms with Crippen LogP contribution in [0.25, 0.3) is 0 Å². The largest absolute Gasteiger partial charge is 0.482 e. The third-order valence-electron chi connectivity index (χ3n) is 2.44. The standard InChI is InChI=1S/C12H9BrF2N2O3S/c1-21(18,19)9-3-2-8(11(14)12(9)15)20-6-10-16-4-7(13)5-17-10/h2-5H,6H2,1H3. The molecule has 0 unspecified atom stereocenters. The third kappa shape index (κ3) is 3.73. The van der Waals surface area contributed by atoms with Crippen LogP contribution >= 0.6 is 15.9 Å². The van der Waals surface area contributed by atoms with Crippen molar-refractivity contribution in [1.29, 1.82) is 0 Å². The highest BCUT2D eigenvalue weighted by atomic mass is 79.9. The van der Waals surface area contributed by atoms with Gasteiger partial charge >= 0.3 is 0 Å². The molecule has 1 aromatic heterocycles. The highest BCUT2D eigenvalue weighted by molar-refractivity contribution is 9.10. The fraction of sp³-hybridized carbons (Fsp3) is 0.167. The Hall–Kier alpha value is -1.61. The molecule has 0 radical (unpaired) electrons. The van der Waals surface area contributed by atoms with E-state index in [4.69, 9.17) is 4.74 Å². The minimum absolute atomic E-state index is 0.179. The monoisotopic (exact) mass is 378 g/mol. The maximum absolute atomic E-state index is 13.7. The Kier molecular flexibility index (Phi) is 4.52. The van der Waals surface area contributed by atoms with Gasteiger partial charge in [-0.3, -0.25) is 0 Å². The van der Waals surface area contributed by atoms with Crippen LogP contribution in [0.5, 0.6) is 5.75 Å². The fourth-order valence-electron chi connectivity index (χ4n) is 1.47. The quantitative estimate of drug-likeness (QED) is 0.817. The lowest BCUT2D eigenvalue weighted by Gasteiger charge is -2.08. The van der Waals surface area contributed by atoms with Crippen molar-refractivity contribution in [3.05, 3.63) is 46.5 Å². The van der Waals surface area contributed by atoms with Crippen LogP contribution in [-0.2, 0) is 16.4 Å². The molecule has 0 saturated heterocycles. The summed E-state index contributed by atoms with van der Waals surface area (Å²) in [5, 5.41) is 0. The Bertz CT molecular complexity index is 767. The Morgan fingerprint density at radius 1 is 1.19 bits per heavy atom.